The molecule has 356 valence electrons. The van der Waals surface area contributed by atoms with Gasteiger partial charge in [-0.15, -0.1) is 0 Å². The molecule has 0 bridgehead atoms. The lowest BCUT2D eigenvalue weighted by atomic mass is 9.33. The van der Waals surface area contributed by atoms with Gasteiger partial charge in [0.2, 0.25) is 0 Å². The van der Waals surface area contributed by atoms with Crippen molar-refractivity contribution in [1.82, 2.24) is 0 Å². The van der Waals surface area contributed by atoms with Crippen LogP contribution in [0.2, 0.25) is 0 Å². The molecule has 69 heavy (non-hydrogen) atoms. The third-order valence-electron chi connectivity index (χ3n) is 18.8. The summed E-state index contributed by atoms with van der Waals surface area (Å²) in [7, 11) is 0. The van der Waals surface area contributed by atoms with E-state index in [0.29, 0.717) is 0 Å². The quantitative estimate of drug-likeness (QED) is 0.163. The van der Waals surface area contributed by atoms with Crippen LogP contribution in [-0.4, -0.2) is 6.71 Å². The van der Waals surface area contributed by atoms with E-state index < -0.39 is 0 Å². The smallest absolute Gasteiger partial charge is 0.252 e. The maximum absolute atomic E-state index is 2.78. The Bertz CT molecular complexity index is 3130. The van der Waals surface area contributed by atoms with Gasteiger partial charge in [-0.1, -0.05) is 165 Å². The molecule has 0 radical (unpaired) electrons. The summed E-state index contributed by atoms with van der Waals surface area (Å²) in [5, 5.41) is 0. The van der Waals surface area contributed by atoms with Gasteiger partial charge in [0.15, 0.2) is 0 Å². The van der Waals surface area contributed by atoms with Crippen molar-refractivity contribution in [3.8, 4) is 11.1 Å². The molecule has 2 nitrogen and oxygen atoms in total. The summed E-state index contributed by atoms with van der Waals surface area (Å²) in [5.41, 5.74) is 28.3. The minimum absolute atomic E-state index is 0.0259. The zero-order chi connectivity index (χ0) is 49.3. The minimum Gasteiger partial charge on any atom is -0.311 e. The van der Waals surface area contributed by atoms with Crippen LogP contribution in [0.3, 0.4) is 0 Å². The van der Waals surface area contributed by atoms with E-state index in [0.717, 1.165) is 0 Å². The van der Waals surface area contributed by atoms with Crippen molar-refractivity contribution in [2.24, 2.45) is 0 Å². The lowest BCUT2D eigenvalue weighted by Gasteiger charge is -2.49. The van der Waals surface area contributed by atoms with Crippen molar-refractivity contribution in [3.63, 3.8) is 0 Å². The van der Waals surface area contributed by atoms with Gasteiger partial charge in [-0.25, -0.2) is 0 Å². The van der Waals surface area contributed by atoms with Crippen LogP contribution in [0.5, 0.6) is 0 Å². The van der Waals surface area contributed by atoms with Crippen LogP contribution >= 0.6 is 0 Å². The third kappa shape index (κ3) is 7.00. The number of nitrogens with zero attached hydrogens (tertiary/aromatic N) is 2. The number of hydrogen-bond donors (Lipinski definition) is 0. The molecule has 6 aromatic rings. The second kappa shape index (κ2) is 14.8. The van der Waals surface area contributed by atoms with Crippen molar-refractivity contribution < 1.29 is 0 Å². The summed E-state index contributed by atoms with van der Waals surface area (Å²) in [5.74, 6) is 0. The Kier molecular flexibility index (Phi) is 9.93. The number of aryl methyl sites for hydroxylation is 2. The van der Waals surface area contributed by atoms with Gasteiger partial charge < -0.3 is 9.80 Å². The Morgan fingerprint density at radius 1 is 0.377 bits per heavy atom. The Morgan fingerprint density at radius 2 is 0.754 bits per heavy atom. The van der Waals surface area contributed by atoms with E-state index in [4.69, 9.17) is 0 Å². The first-order chi connectivity index (χ1) is 32.1. The van der Waals surface area contributed by atoms with E-state index >= 15 is 0 Å². The van der Waals surface area contributed by atoms with Gasteiger partial charge >= 0.3 is 0 Å². The van der Waals surface area contributed by atoms with Crippen LogP contribution < -0.4 is 26.2 Å². The Balaban J connectivity index is 1.30. The SMILES string of the molecule is Cc1cc2c(cc1N1c3ccc(-c4ccccc4)cc3B3c4cc5c(cc4N(c4cc6c(cc4C)C(C)(C)CCC6(C)C)c4cc(C(C)(C)C)cc1c43)C(C)(C)CCC5(C)C)C(C)(C)CCC2(C)C. The molecule has 0 saturated carbocycles. The lowest BCUT2D eigenvalue weighted by Crippen LogP contribution is -2.62. The Morgan fingerprint density at radius 3 is 1.19 bits per heavy atom. The summed E-state index contributed by atoms with van der Waals surface area (Å²) in [4.78, 5) is 5.50. The number of rotatable bonds is 3. The fourth-order valence-electron chi connectivity index (χ4n) is 13.7. The summed E-state index contributed by atoms with van der Waals surface area (Å²) in [6.07, 6.45) is 7.13. The van der Waals surface area contributed by atoms with Gasteiger partial charge in [-0.05, 0) is 204 Å². The van der Waals surface area contributed by atoms with E-state index in [1.54, 1.807) is 0 Å². The zero-order valence-electron chi connectivity index (χ0n) is 45.5. The van der Waals surface area contributed by atoms with E-state index in [-0.39, 0.29) is 44.6 Å². The molecule has 3 heteroatoms. The average molecular weight is 911 g/mol. The van der Waals surface area contributed by atoms with Crippen LogP contribution in [0.25, 0.3) is 11.1 Å². The minimum atomic E-state index is -0.105. The fourth-order valence-corrected chi connectivity index (χ4v) is 13.7. The lowest BCUT2D eigenvalue weighted by molar-refractivity contribution is 0.331. The molecule has 2 heterocycles. The topological polar surface area (TPSA) is 6.48 Å². The Hall–Kier alpha value is -5.02. The molecule has 2 aliphatic heterocycles. The number of benzene rings is 6. The molecule has 0 saturated heterocycles. The highest BCUT2D eigenvalue weighted by Crippen LogP contribution is 2.55. The summed E-state index contributed by atoms with van der Waals surface area (Å²) in [6.45, 7) is 41.9. The van der Waals surface area contributed by atoms with Crippen LogP contribution in [0.4, 0.5) is 34.1 Å². The van der Waals surface area contributed by atoms with Gasteiger partial charge in [-0.2, -0.15) is 0 Å². The fraction of sp³-hybridized carbons (Fsp3) is 0.455. The molecule has 5 aliphatic rings. The zero-order valence-corrected chi connectivity index (χ0v) is 45.5. The molecule has 0 aromatic heterocycles. The van der Waals surface area contributed by atoms with Gasteiger partial charge in [0.1, 0.15) is 0 Å². The number of hydrogen-bond acceptors (Lipinski definition) is 2. The van der Waals surface area contributed by atoms with Gasteiger partial charge in [0.25, 0.3) is 6.71 Å². The molecular weight excluding hydrogens is 832 g/mol. The molecule has 0 spiro atoms. The monoisotopic (exact) mass is 911 g/mol. The molecule has 0 unspecified atom stereocenters. The van der Waals surface area contributed by atoms with E-state index in [9.17, 15) is 0 Å². The average Bonchev–Trinajstić information content (AvgIpc) is 3.28. The van der Waals surface area contributed by atoms with Gasteiger partial charge in [0.05, 0.1) is 0 Å². The number of fused-ring (bicyclic) bond motifs is 7. The van der Waals surface area contributed by atoms with Crippen LogP contribution in [0.15, 0.2) is 97.1 Å². The van der Waals surface area contributed by atoms with E-state index in [1.807, 2.05) is 0 Å². The largest absolute Gasteiger partial charge is 0.311 e. The predicted molar refractivity (Wildman–Crippen MR) is 300 cm³/mol. The molecule has 0 fully saturated rings. The maximum atomic E-state index is 2.78. The molecule has 11 rings (SSSR count). The second-order valence-corrected chi connectivity index (χ2v) is 27.6. The van der Waals surface area contributed by atoms with Crippen molar-refractivity contribution >= 4 is 57.2 Å². The Labute approximate surface area is 417 Å². The van der Waals surface area contributed by atoms with E-state index in [1.165, 1.54) is 150 Å². The highest BCUT2D eigenvalue weighted by atomic mass is 15.2. The first kappa shape index (κ1) is 46.4. The highest BCUT2D eigenvalue weighted by molar-refractivity contribution is 7.00. The summed E-state index contributed by atoms with van der Waals surface area (Å²) >= 11 is 0. The second-order valence-electron chi connectivity index (χ2n) is 27.6. The van der Waals surface area contributed by atoms with Gasteiger partial charge in [-0.3, -0.25) is 0 Å². The van der Waals surface area contributed by atoms with E-state index in [2.05, 4.69) is 225 Å². The normalized spacial score (nSPS) is 20.5. The van der Waals surface area contributed by atoms with Crippen molar-refractivity contribution in [3.05, 3.63) is 147 Å². The molecule has 6 aromatic carbocycles. The highest BCUT2D eigenvalue weighted by Gasteiger charge is 2.49. The first-order valence-electron chi connectivity index (χ1n) is 26.6. The van der Waals surface area contributed by atoms with Crippen molar-refractivity contribution in [1.29, 1.82) is 0 Å². The van der Waals surface area contributed by atoms with Crippen molar-refractivity contribution in [2.45, 2.75) is 194 Å². The van der Waals surface area contributed by atoms with Crippen LogP contribution in [-0.2, 0) is 37.9 Å². The van der Waals surface area contributed by atoms with Gasteiger partial charge in [0, 0.05) is 34.1 Å². The molecule has 3 aliphatic carbocycles. The molecule has 0 amide bonds. The van der Waals surface area contributed by atoms with Crippen LogP contribution in [0.1, 0.15) is 192 Å². The summed E-state index contributed by atoms with van der Waals surface area (Å²) < 4.78 is 0. The first-order valence-corrected chi connectivity index (χ1v) is 26.6. The predicted octanol–water partition coefficient (Wildman–Crippen LogP) is 16.4. The standard InChI is InChI=1S/C66H79BN2/c1-40-31-45-48(64(12,13)28-25-61(45,6)7)37-54(40)68-53-24-23-43(42-21-19-18-20-22-42)33-51(53)67-52-36-47-50(66(16,17)30-27-63(47,10)11)39-56(52)69(58-35-44(60(3,4)5)34-57(68)59(58)67)55-38-49-46(32-41(55)2)62(8,9)26-29-65(49,14)15/h18-24,31-39H,25-30H2,1-17H3. The molecular formula is C66H79BN2. The molecule has 0 atom stereocenters. The van der Waals surface area contributed by atoms with Crippen molar-refractivity contribution in [2.75, 3.05) is 9.80 Å². The molecule has 0 N–H and O–H groups in total. The third-order valence-corrected chi connectivity index (χ3v) is 18.8. The summed E-state index contributed by atoms with van der Waals surface area (Å²) in [6, 6.07) is 39.6. The maximum Gasteiger partial charge on any atom is 0.252 e. The van der Waals surface area contributed by atoms with Crippen LogP contribution in [0, 0.1) is 13.8 Å². The number of anilines is 6.